The maximum absolute atomic E-state index is 12.6. The molecule has 27 heavy (non-hydrogen) atoms. The predicted octanol–water partition coefficient (Wildman–Crippen LogP) is 3.91. The van der Waals surface area contributed by atoms with Crippen LogP contribution in [0.25, 0.3) is 11.3 Å². The normalized spacial score (nSPS) is 12.5. The third-order valence-corrected chi connectivity index (χ3v) is 4.69. The van der Waals surface area contributed by atoms with E-state index in [-0.39, 0.29) is 6.79 Å². The van der Waals surface area contributed by atoms with Gasteiger partial charge in [-0.2, -0.15) is 5.10 Å². The highest BCUT2D eigenvalue weighted by atomic mass is 79.9. The zero-order valence-electron chi connectivity index (χ0n) is 14.2. The molecule has 0 saturated heterocycles. The van der Waals surface area contributed by atoms with E-state index < -0.39 is 5.91 Å². The molecule has 3 aromatic rings. The molecule has 1 amide bonds. The number of fused-ring (bicyclic) bond motifs is 1. The topological polar surface area (TPSA) is 86.0 Å². The molecule has 1 aromatic heterocycles. The average molecular weight is 428 g/mol. The molecule has 136 valence electrons. The first-order valence-electron chi connectivity index (χ1n) is 8.07. The number of aryl methyl sites for hydroxylation is 1. The highest BCUT2D eigenvalue weighted by Crippen LogP contribution is 2.36. The van der Waals surface area contributed by atoms with Crippen molar-refractivity contribution in [3.63, 3.8) is 0 Å². The molecule has 4 rings (SSSR count). The van der Waals surface area contributed by atoms with Crippen molar-refractivity contribution in [3.8, 4) is 22.8 Å². The lowest BCUT2D eigenvalue weighted by molar-refractivity contribution is 0.0954. The summed E-state index contributed by atoms with van der Waals surface area (Å²) in [4.78, 5) is 12.6. The number of aromatic nitrogens is 1. The summed E-state index contributed by atoms with van der Waals surface area (Å²) in [5.74, 6) is 1.31. The van der Waals surface area contributed by atoms with Crippen molar-refractivity contribution < 1.29 is 18.8 Å². The molecule has 2 aromatic carbocycles. The Morgan fingerprint density at radius 2 is 1.96 bits per heavy atom. The molecule has 0 aliphatic carbocycles. The molecule has 2 heterocycles. The fourth-order valence-electron chi connectivity index (χ4n) is 2.68. The van der Waals surface area contributed by atoms with E-state index in [1.165, 1.54) is 6.21 Å². The highest BCUT2D eigenvalue weighted by molar-refractivity contribution is 9.10. The number of halogens is 1. The average Bonchev–Trinajstić information content (AvgIpc) is 3.28. The summed E-state index contributed by atoms with van der Waals surface area (Å²) in [5.41, 5.74) is 4.88. The van der Waals surface area contributed by atoms with Crippen LogP contribution in [0.2, 0.25) is 0 Å². The Labute approximate surface area is 163 Å². The Bertz CT molecular complexity index is 1030. The second kappa shape index (κ2) is 7.24. The third-order valence-electron chi connectivity index (χ3n) is 4.00. The number of rotatable bonds is 4. The molecule has 0 saturated carbocycles. The zero-order chi connectivity index (χ0) is 18.8. The van der Waals surface area contributed by atoms with Crippen LogP contribution in [0, 0.1) is 6.92 Å². The highest BCUT2D eigenvalue weighted by Gasteiger charge is 2.21. The van der Waals surface area contributed by atoms with Crippen molar-refractivity contribution in [1.82, 2.24) is 10.6 Å². The van der Waals surface area contributed by atoms with Gasteiger partial charge in [0.2, 0.25) is 6.79 Å². The lowest BCUT2D eigenvalue weighted by Gasteiger charge is -2.03. The fourth-order valence-corrected chi connectivity index (χ4v) is 3.11. The van der Waals surface area contributed by atoms with Crippen LogP contribution in [0.15, 0.2) is 56.6 Å². The van der Waals surface area contributed by atoms with E-state index in [4.69, 9.17) is 14.0 Å². The minimum Gasteiger partial charge on any atom is -0.454 e. The molecule has 1 aliphatic heterocycles. The van der Waals surface area contributed by atoms with E-state index in [0.29, 0.717) is 28.5 Å². The van der Waals surface area contributed by atoms with Gasteiger partial charge in [0, 0.05) is 15.6 Å². The molecule has 0 atom stereocenters. The van der Waals surface area contributed by atoms with Gasteiger partial charge in [-0.05, 0) is 35.0 Å². The standard InChI is InChI=1S/C19H14BrN3O4/c1-11-17(18(23-27-11)12-5-3-2-4-6-12)19(24)22-21-9-13-7-15-16(8-14(13)20)26-10-25-15/h2-9H,10H2,1H3,(H,22,24)/b21-9+. The fraction of sp³-hybridized carbons (Fsp3) is 0.105. The summed E-state index contributed by atoms with van der Waals surface area (Å²) in [6.45, 7) is 1.88. The number of nitrogens with one attached hydrogen (secondary N) is 1. The number of carbonyl (C=O) groups is 1. The molecule has 0 unspecified atom stereocenters. The molecule has 0 fully saturated rings. The third kappa shape index (κ3) is 3.43. The van der Waals surface area contributed by atoms with Crippen LogP contribution in [0.3, 0.4) is 0 Å². The van der Waals surface area contributed by atoms with Gasteiger partial charge in [0.15, 0.2) is 11.5 Å². The largest absolute Gasteiger partial charge is 0.454 e. The van der Waals surface area contributed by atoms with Crippen LogP contribution >= 0.6 is 15.9 Å². The lowest BCUT2D eigenvalue weighted by Crippen LogP contribution is -2.18. The molecular weight excluding hydrogens is 414 g/mol. The number of hydrazone groups is 1. The van der Waals surface area contributed by atoms with Gasteiger partial charge in [0.1, 0.15) is 17.0 Å². The van der Waals surface area contributed by atoms with Crippen LogP contribution in [-0.4, -0.2) is 24.1 Å². The smallest absolute Gasteiger partial charge is 0.277 e. The first kappa shape index (κ1) is 17.3. The number of nitrogens with zero attached hydrogens (tertiary/aromatic N) is 2. The summed E-state index contributed by atoms with van der Waals surface area (Å²) < 4.78 is 16.6. The molecule has 7 nitrogen and oxygen atoms in total. The second-order valence-electron chi connectivity index (χ2n) is 5.75. The van der Waals surface area contributed by atoms with Crippen molar-refractivity contribution in [2.75, 3.05) is 6.79 Å². The molecule has 0 bridgehead atoms. The van der Waals surface area contributed by atoms with Crippen molar-refractivity contribution in [2.45, 2.75) is 6.92 Å². The van der Waals surface area contributed by atoms with Gasteiger partial charge in [0.05, 0.1) is 6.21 Å². The zero-order valence-corrected chi connectivity index (χ0v) is 15.8. The second-order valence-corrected chi connectivity index (χ2v) is 6.61. The minimum atomic E-state index is -0.402. The Hall–Kier alpha value is -3.13. The van der Waals surface area contributed by atoms with E-state index in [2.05, 4.69) is 31.6 Å². The van der Waals surface area contributed by atoms with Gasteiger partial charge in [-0.3, -0.25) is 4.79 Å². The first-order chi connectivity index (χ1) is 13.1. The van der Waals surface area contributed by atoms with E-state index in [1.54, 1.807) is 19.1 Å². The number of hydrogen-bond acceptors (Lipinski definition) is 6. The quantitative estimate of drug-likeness (QED) is 0.503. The molecule has 1 aliphatic rings. The van der Waals surface area contributed by atoms with Crippen molar-refractivity contribution >= 4 is 28.1 Å². The van der Waals surface area contributed by atoms with Crippen LogP contribution in [0.1, 0.15) is 21.7 Å². The Balaban J connectivity index is 1.54. The van der Waals surface area contributed by atoms with E-state index >= 15 is 0 Å². The maximum atomic E-state index is 12.6. The summed E-state index contributed by atoms with van der Waals surface area (Å²) in [6.07, 6.45) is 1.52. The predicted molar refractivity (Wildman–Crippen MR) is 102 cm³/mol. The summed E-state index contributed by atoms with van der Waals surface area (Å²) >= 11 is 3.45. The Kier molecular flexibility index (Phi) is 4.64. The molecule has 1 N–H and O–H groups in total. The number of ether oxygens (including phenoxy) is 2. The van der Waals surface area contributed by atoms with Crippen LogP contribution in [-0.2, 0) is 0 Å². The van der Waals surface area contributed by atoms with Crippen molar-refractivity contribution in [3.05, 3.63) is 63.8 Å². The number of carbonyl (C=O) groups excluding carboxylic acids is 1. The van der Waals surface area contributed by atoms with Crippen molar-refractivity contribution in [2.24, 2.45) is 5.10 Å². The lowest BCUT2D eigenvalue weighted by atomic mass is 10.1. The summed E-state index contributed by atoms with van der Waals surface area (Å²) in [7, 11) is 0. The van der Waals surface area contributed by atoms with Gasteiger partial charge in [-0.1, -0.05) is 35.5 Å². The minimum absolute atomic E-state index is 0.189. The van der Waals surface area contributed by atoms with Crippen LogP contribution < -0.4 is 14.9 Å². The SMILES string of the molecule is Cc1onc(-c2ccccc2)c1C(=O)N/N=C/c1cc2c(cc1Br)OCO2. The first-order valence-corrected chi connectivity index (χ1v) is 8.87. The number of hydrogen-bond donors (Lipinski definition) is 1. The van der Waals surface area contributed by atoms with E-state index in [9.17, 15) is 4.79 Å². The van der Waals surface area contributed by atoms with E-state index in [1.807, 2.05) is 30.3 Å². The number of benzene rings is 2. The van der Waals surface area contributed by atoms with Gasteiger partial charge in [-0.15, -0.1) is 0 Å². The Morgan fingerprint density at radius 1 is 1.22 bits per heavy atom. The summed E-state index contributed by atoms with van der Waals surface area (Å²) in [6, 6.07) is 12.9. The molecular formula is C19H14BrN3O4. The molecule has 0 spiro atoms. The monoisotopic (exact) mass is 427 g/mol. The van der Waals surface area contributed by atoms with Gasteiger partial charge < -0.3 is 14.0 Å². The molecule has 0 radical (unpaired) electrons. The van der Waals surface area contributed by atoms with E-state index in [0.717, 1.165) is 15.6 Å². The van der Waals surface area contributed by atoms with Crippen LogP contribution in [0.5, 0.6) is 11.5 Å². The van der Waals surface area contributed by atoms with Crippen LogP contribution in [0.4, 0.5) is 0 Å². The number of amides is 1. The van der Waals surface area contributed by atoms with Gasteiger partial charge >= 0.3 is 0 Å². The van der Waals surface area contributed by atoms with Gasteiger partial charge in [-0.25, -0.2) is 5.43 Å². The van der Waals surface area contributed by atoms with Crippen molar-refractivity contribution in [1.29, 1.82) is 0 Å². The maximum Gasteiger partial charge on any atom is 0.277 e. The Morgan fingerprint density at radius 3 is 2.74 bits per heavy atom. The molecule has 8 heteroatoms. The van der Waals surface area contributed by atoms with Gasteiger partial charge in [0.25, 0.3) is 5.91 Å². The summed E-state index contributed by atoms with van der Waals surface area (Å²) in [5, 5.41) is 8.04.